The first-order valence-electron chi connectivity index (χ1n) is 8.39. The Hall–Kier alpha value is -2.64. The summed E-state index contributed by atoms with van der Waals surface area (Å²) < 4.78 is 15.4. The van der Waals surface area contributed by atoms with Gasteiger partial charge in [0.2, 0.25) is 5.56 Å². The largest absolute Gasteiger partial charge is 0.334 e. The zero-order valence-corrected chi connectivity index (χ0v) is 14.2. The normalized spacial score (nSPS) is 16.3. The molecule has 0 aromatic carbocycles. The summed E-state index contributed by atoms with van der Waals surface area (Å²) in [5, 5.41) is 9.78. The maximum Gasteiger partial charge on any atom is 0.315 e. The maximum absolute atomic E-state index is 12.3. The maximum atomic E-state index is 12.3. The van der Waals surface area contributed by atoms with Crippen molar-refractivity contribution in [2.75, 3.05) is 6.67 Å². The molecule has 134 valence electrons. The molecule has 8 heteroatoms. The van der Waals surface area contributed by atoms with Gasteiger partial charge in [-0.1, -0.05) is 0 Å². The predicted molar refractivity (Wildman–Crippen MR) is 90.9 cm³/mol. The first-order chi connectivity index (χ1) is 12.1. The van der Waals surface area contributed by atoms with Crippen LogP contribution in [0.2, 0.25) is 0 Å². The first kappa shape index (κ1) is 17.2. The van der Waals surface area contributed by atoms with E-state index in [9.17, 15) is 14.0 Å². The lowest BCUT2D eigenvalue weighted by atomic mass is 9.91. The van der Waals surface area contributed by atoms with Gasteiger partial charge in [0, 0.05) is 37.1 Å². The zero-order valence-electron chi connectivity index (χ0n) is 14.2. The summed E-state index contributed by atoms with van der Waals surface area (Å²) in [6.45, 7) is 0.0629. The molecule has 1 aliphatic rings. The number of rotatable bonds is 5. The van der Waals surface area contributed by atoms with E-state index in [0.29, 0.717) is 6.54 Å². The fourth-order valence-electron chi connectivity index (χ4n) is 3.20. The number of carbonyl (C=O) groups is 1. The predicted octanol–water partition coefficient (Wildman–Crippen LogP) is 1.43. The average Bonchev–Trinajstić information content (AvgIpc) is 3.05. The molecule has 1 aliphatic carbocycles. The minimum atomic E-state index is -0.474. The minimum Gasteiger partial charge on any atom is -0.334 e. The highest BCUT2D eigenvalue weighted by molar-refractivity contribution is 5.74. The van der Waals surface area contributed by atoms with Gasteiger partial charge in [0.1, 0.15) is 6.67 Å². The number of urea groups is 1. The van der Waals surface area contributed by atoms with Crippen LogP contribution in [0.1, 0.15) is 35.7 Å². The Kier molecular flexibility index (Phi) is 5.16. The molecule has 2 heterocycles. The number of hydrogen-bond acceptors (Lipinski definition) is 3. The van der Waals surface area contributed by atoms with Crippen molar-refractivity contribution in [3.8, 4) is 0 Å². The number of hydrogen-bond donors (Lipinski definition) is 2. The van der Waals surface area contributed by atoms with Crippen molar-refractivity contribution >= 4 is 6.03 Å². The zero-order chi connectivity index (χ0) is 17.8. The molecule has 1 unspecified atom stereocenters. The number of pyridine rings is 1. The van der Waals surface area contributed by atoms with E-state index in [0.717, 1.165) is 36.1 Å². The molecule has 0 saturated carbocycles. The number of aryl methyl sites for hydroxylation is 1. The second kappa shape index (κ2) is 7.50. The number of amides is 2. The molecule has 0 fully saturated rings. The molecule has 3 rings (SSSR count). The number of alkyl halides is 1. The fraction of sp³-hybridized carbons (Fsp3) is 0.471. The van der Waals surface area contributed by atoms with Crippen LogP contribution in [0.15, 0.2) is 29.3 Å². The van der Waals surface area contributed by atoms with E-state index in [1.54, 1.807) is 24.0 Å². The Morgan fingerprint density at radius 2 is 2.28 bits per heavy atom. The third kappa shape index (κ3) is 3.89. The van der Waals surface area contributed by atoms with Gasteiger partial charge in [-0.05, 0) is 30.9 Å². The second-order valence-electron chi connectivity index (χ2n) is 6.21. The molecule has 2 N–H and O–H groups in total. The molecule has 2 amide bonds. The Morgan fingerprint density at radius 3 is 3.08 bits per heavy atom. The summed E-state index contributed by atoms with van der Waals surface area (Å²) in [4.78, 5) is 24.0. The van der Waals surface area contributed by atoms with Crippen molar-refractivity contribution in [2.24, 2.45) is 7.05 Å². The minimum absolute atomic E-state index is 0.0332. The summed E-state index contributed by atoms with van der Waals surface area (Å²) in [6.07, 6.45) is 5.93. The molecule has 0 saturated heterocycles. The summed E-state index contributed by atoms with van der Waals surface area (Å²) in [7, 11) is 1.76. The van der Waals surface area contributed by atoms with Crippen LogP contribution in [0.25, 0.3) is 0 Å². The lowest BCUT2D eigenvalue weighted by Gasteiger charge is -2.27. The van der Waals surface area contributed by atoms with Gasteiger partial charge in [-0.2, -0.15) is 5.10 Å². The molecule has 1 atom stereocenters. The average molecular weight is 347 g/mol. The van der Waals surface area contributed by atoms with Gasteiger partial charge in [-0.3, -0.25) is 9.48 Å². The Bertz CT molecular complexity index is 814. The highest BCUT2D eigenvalue weighted by Crippen LogP contribution is 2.28. The van der Waals surface area contributed by atoms with Crippen LogP contribution >= 0.6 is 0 Å². The topological polar surface area (TPSA) is 81.0 Å². The quantitative estimate of drug-likeness (QED) is 0.858. The summed E-state index contributed by atoms with van der Waals surface area (Å²) >= 11 is 0. The molecule has 0 radical (unpaired) electrons. The van der Waals surface area contributed by atoms with E-state index in [-0.39, 0.29) is 24.2 Å². The van der Waals surface area contributed by atoms with Gasteiger partial charge < -0.3 is 15.2 Å². The van der Waals surface area contributed by atoms with E-state index < -0.39 is 6.67 Å². The van der Waals surface area contributed by atoms with E-state index in [2.05, 4.69) is 15.7 Å². The number of nitrogens with one attached hydrogen (secondary N) is 2. The number of aromatic nitrogens is 3. The van der Waals surface area contributed by atoms with Gasteiger partial charge in [0.05, 0.1) is 18.8 Å². The van der Waals surface area contributed by atoms with E-state index >= 15 is 0 Å². The molecule has 0 spiro atoms. The third-order valence-corrected chi connectivity index (χ3v) is 4.51. The third-order valence-electron chi connectivity index (χ3n) is 4.51. The smallest absolute Gasteiger partial charge is 0.315 e. The van der Waals surface area contributed by atoms with E-state index in [1.807, 2.05) is 6.07 Å². The van der Waals surface area contributed by atoms with Crippen LogP contribution in [0.4, 0.5) is 9.18 Å². The van der Waals surface area contributed by atoms with Gasteiger partial charge in [-0.25, -0.2) is 9.18 Å². The van der Waals surface area contributed by atoms with Crippen LogP contribution in [0, 0.1) is 0 Å². The van der Waals surface area contributed by atoms with Crippen LogP contribution in [-0.2, 0) is 26.6 Å². The molecule has 2 aromatic rings. The SMILES string of the molecule is Cn1c2c(ccc1=O)C(NC(=O)NCc1cnn(CCF)c1)CCC2. The van der Waals surface area contributed by atoms with Gasteiger partial charge >= 0.3 is 6.03 Å². The number of nitrogens with zero attached hydrogens (tertiary/aromatic N) is 3. The molecule has 7 nitrogen and oxygen atoms in total. The van der Waals surface area contributed by atoms with Crippen molar-refractivity contribution < 1.29 is 9.18 Å². The van der Waals surface area contributed by atoms with E-state index in [4.69, 9.17) is 0 Å². The lowest BCUT2D eigenvalue weighted by Crippen LogP contribution is -2.39. The molecular weight excluding hydrogens is 325 g/mol. The highest BCUT2D eigenvalue weighted by atomic mass is 19.1. The van der Waals surface area contributed by atoms with Gasteiger partial charge in [-0.15, -0.1) is 0 Å². The first-order valence-corrected chi connectivity index (χ1v) is 8.39. The van der Waals surface area contributed by atoms with Crippen molar-refractivity contribution in [2.45, 2.75) is 38.4 Å². The number of halogens is 1. The summed E-state index contributed by atoms with van der Waals surface area (Å²) in [6, 6.07) is 2.97. The lowest BCUT2D eigenvalue weighted by molar-refractivity contribution is 0.235. The van der Waals surface area contributed by atoms with Crippen LogP contribution in [0.3, 0.4) is 0 Å². The Balaban J connectivity index is 1.60. The van der Waals surface area contributed by atoms with Crippen LogP contribution < -0.4 is 16.2 Å². The molecule has 25 heavy (non-hydrogen) atoms. The van der Waals surface area contributed by atoms with Gasteiger partial charge in [0.25, 0.3) is 0 Å². The second-order valence-corrected chi connectivity index (χ2v) is 6.21. The summed E-state index contributed by atoms with van der Waals surface area (Å²) in [5.74, 6) is 0. The molecule has 2 aromatic heterocycles. The Morgan fingerprint density at radius 1 is 1.44 bits per heavy atom. The number of carbonyl (C=O) groups excluding carboxylic acids is 1. The van der Waals surface area contributed by atoms with E-state index in [1.165, 1.54) is 10.7 Å². The summed E-state index contributed by atoms with van der Waals surface area (Å²) in [5.41, 5.74) is 2.76. The van der Waals surface area contributed by atoms with Crippen LogP contribution in [-0.4, -0.2) is 27.1 Å². The van der Waals surface area contributed by atoms with Crippen molar-refractivity contribution in [3.63, 3.8) is 0 Å². The molecule has 0 bridgehead atoms. The van der Waals surface area contributed by atoms with Crippen LogP contribution in [0.5, 0.6) is 0 Å². The van der Waals surface area contributed by atoms with Crippen molar-refractivity contribution in [1.29, 1.82) is 0 Å². The standard InChI is InChI=1S/C17H22FN5O2/c1-22-15-4-2-3-14(13(15)5-6-16(22)24)21-17(25)19-9-12-10-20-23(11-12)8-7-18/h5-6,10-11,14H,2-4,7-9H2,1H3,(H2,19,21,25). The van der Waals surface area contributed by atoms with Gasteiger partial charge in [0.15, 0.2) is 0 Å². The fourth-order valence-corrected chi connectivity index (χ4v) is 3.20. The van der Waals surface area contributed by atoms with Crippen molar-refractivity contribution in [3.05, 3.63) is 51.7 Å². The van der Waals surface area contributed by atoms with Crippen molar-refractivity contribution in [1.82, 2.24) is 25.0 Å². The number of fused-ring (bicyclic) bond motifs is 1. The highest BCUT2D eigenvalue weighted by Gasteiger charge is 2.23. The molecule has 0 aliphatic heterocycles. The monoisotopic (exact) mass is 347 g/mol. The molecular formula is C17H22FN5O2. The Labute approximate surface area is 144 Å².